The van der Waals surface area contributed by atoms with Crippen molar-refractivity contribution < 1.29 is 0 Å². The zero-order valence-corrected chi connectivity index (χ0v) is 17.1. The molecule has 0 heterocycles. The van der Waals surface area contributed by atoms with Gasteiger partial charge in [0.1, 0.15) is 0 Å². The van der Waals surface area contributed by atoms with Crippen molar-refractivity contribution >= 4 is 0 Å². The molecule has 0 amide bonds. The van der Waals surface area contributed by atoms with Gasteiger partial charge >= 0.3 is 0 Å². The molecule has 3 aliphatic rings. The van der Waals surface area contributed by atoms with Crippen LogP contribution in [0.2, 0.25) is 0 Å². The molecule has 4 rings (SSSR count). The van der Waals surface area contributed by atoms with Gasteiger partial charge in [-0.1, -0.05) is 42.8 Å². The number of aryl methyl sites for hydroxylation is 1. The van der Waals surface area contributed by atoms with E-state index in [4.69, 9.17) is 0 Å². The smallest absolute Gasteiger partial charge is 0.00247 e. The third-order valence-electron chi connectivity index (χ3n) is 7.94. The van der Waals surface area contributed by atoms with E-state index in [0.29, 0.717) is 5.41 Å². The highest BCUT2D eigenvalue weighted by Gasteiger charge is 2.52. The normalized spacial score (nSPS) is 34.6. The lowest BCUT2D eigenvalue weighted by atomic mass is 9.55. The van der Waals surface area contributed by atoms with Gasteiger partial charge in [0.15, 0.2) is 0 Å². The van der Waals surface area contributed by atoms with Crippen LogP contribution >= 0.6 is 0 Å². The van der Waals surface area contributed by atoms with Crippen LogP contribution in [0.5, 0.6) is 0 Å². The first-order valence-corrected chi connectivity index (χ1v) is 11.0. The molecule has 0 saturated heterocycles. The fourth-order valence-electron chi connectivity index (χ4n) is 6.55. The van der Waals surface area contributed by atoms with Gasteiger partial charge in [-0.2, -0.15) is 0 Å². The summed E-state index contributed by atoms with van der Waals surface area (Å²) in [5.41, 5.74) is 5.68. The van der Waals surface area contributed by atoms with Gasteiger partial charge in [0.25, 0.3) is 0 Å². The first-order valence-electron chi connectivity index (χ1n) is 11.0. The third-order valence-corrected chi connectivity index (χ3v) is 7.94. The van der Waals surface area contributed by atoms with Crippen molar-refractivity contribution in [1.29, 1.82) is 0 Å². The number of hydrogen-bond donors (Lipinski definition) is 0. The largest absolute Gasteiger partial charge is 0.309 e. The van der Waals surface area contributed by atoms with Crippen LogP contribution in [0.15, 0.2) is 35.9 Å². The topological polar surface area (TPSA) is 3.24 Å². The minimum Gasteiger partial charge on any atom is -0.309 e. The van der Waals surface area contributed by atoms with Gasteiger partial charge in [0, 0.05) is 0 Å². The zero-order chi connectivity index (χ0) is 18.1. The molecule has 0 bridgehead atoms. The number of fused-ring (bicyclic) bond motifs is 5. The maximum Gasteiger partial charge on any atom is -0.00247 e. The first-order chi connectivity index (χ1) is 12.6. The van der Waals surface area contributed by atoms with Crippen LogP contribution in [-0.2, 0) is 6.42 Å². The predicted molar refractivity (Wildman–Crippen MR) is 112 cm³/mol. The molecule has 0 aliphatic heterocycles. The predicted octanol–water partition coefficient (Wildman–Crippen LogP) is 6.20. The molecule has 0 N–H and O–H groups in total. The molecule has 4 atom stereocenters. The number of unbranched alkanes of at least 4 members (excludes halogenated alkanes) is 2. The van der Waals surface area contributed by atoms with E-state index in [2.05, 4.69) is 56.3 Å². The molecule has 4 unspecified atom stereocenters. The minimum absolute atomic E-state index is 0.509. The molecule has 0 spiro atoms. The fourth-order valence-corrected chi connectivity index (χ4v) is 6.55. The van der Waals surface area contributed by atoms with E-state index in [-0.39, 0.29) is 0 Å². The number of nitrogens with zero attached hydrogens (tertiary/aromatic N) is 1. The molecule has 2 fully saturated rings. The average molecular weight is 352 g/mol. The van der Waals surface area contributed by atoms with E-state index in [0.717, 1.165) is 17.8 Å². The van der Waals surface area contributed by atoms with Crippen molar-refractivity contribution in [3.63, 3.8) is 0 Å². The highest BCUT2D eigenvalue weighted by molar-refractivity contribution is 5.36. The maximum absolute atomic E-state index is 2.66. The summed E-state index contributed by atoms with van der Waals surface area (Å²) in [7, 11) is 4.36. The van der Waals surface area contributed by atoms with Gasteiger partial charge in [0.05, 0.1) is 0 Å². The standard InChI is InChI=1S/C25H37N/c1-25-17-16-22-21-11-7-6-9-19(21)12-14-23(22)24(25)15-13-20(25)10-5-4-8-18-26(2)3/h6-7,9-11,22-24H,4-5,8,12-18H2,1-3H3/b20-10+. The molecular formula is C25H37N. The Morgan fingerprint density at radius 1 is 1.08 bits per heavy atom. The van der Waals surface area contributed by atoms with E-state index in [9.17, 15) is 0 Å². The number of allylic oxidation sites excluding steroid dienone is 2. The lowest BCUT2D eigenvalue weighted by molar-refractivity contribution is 0.0812. The SMILES string of the molecule is CN(C)CCCC/C=C1\CCC2C3CCc4ccccc4C3CCC12C. The summed E-state index contributed by atoms with van der Waals surface area (Å²) in [5.74, 6) is 2.71. The lowest BCUT2D eigenvalue weighted by Gasteiger charge is -2.49. The maximum atomic E-state index is 2.66. The summed E-state index contributed by atoms with van der Waals surface area (Å²) in [4.78, 5) is 2.31. The second-order valence-electron chi connectivity index (χ2n) is 9.64. The molecule has 142 valence electrons. The van der Waals surface area contributed by atoms with Crippen molar-refractivity contribution in [2.24, 2.45) is 17.3 Å². The molecule has 0 radical (unpaired) electrons. The Balaban J connectivity index is 1.45. The second kappa shape index (κ2) is 7.50. The third kappa shape index (κ3) is 3.28. The molecular weight excluding hydrogens is 314 g/mol. The molecule has 1 aromatic carbocycles. The van der Waals surface area contributed by atoms with Crippen molar-refractivity contribution in [3.05, 3.63) is 47.0 Å². The monoisotopic (exact) mass is 351 g/mol. The summed E-state index contributed by atoms with van der Waals surface area (Å²) in [6.45, 7) is 3.85. The molecule has 0 aromatic heterocycles. The van der Waals surface area contributed by atoms with Crippen LogP contribution in [0.4, 0.5) is 0 Å². The van der Waals surface area contributed by atoms with Crippen LogP contribution in [0.3, 0.4) is 0 Å². The van der Waals surface area contributed by atoms with E-state index >= 15 is 0 Å². The Morgan fingerprint density at radius 2 is 1.92 bits per heavy atom. The van der Waals surface area contributed by atoms with Crippen molar-refractivity contribution in [3.8, 4) is 0 Å². The van der Waals surface area contributed by atoms with Crippen molar-refractivity contribution in [2.75, 3.05) is 20.6 Å². The van der Waals surface area contributed by atoms with E-state index in [1.165, 1.54) is 64.3 Å². The Morgan fingerprint density at radius 3 is 2.77 bits per heavy atom. The summed E-state index contributed by atoms with van der Waals surface area (Å²) in [6, 6.07) is 9.32. The van der Waals surface area contributed by atoms with Crippen molar-refractivity contribution in [2.45, 2.75) is 70.6 Å². The quantitative estimate of drug-likeness (QED) is 0.451. The summed E-state index contributed by atoms with van der Waals surface area (Å²) >= 11 is 0. The summed E-state index contributed by atoms with van der Waals surface area (Å²) in [5, 5.41) is 0. The number of benzene rings is 1. The Kier molecular flexibility index (Phi) is 5.28. The van der Waals surface area contributed by atoms with Crippen LogP contribution in [0, 0.1) is 17.3 Å². The van der Waals surface area contributed by atoms with Gasteiger partial charge in [-0.25, -0.2) is 0 Å². The molecule has 1 nitrogen and oxygen atoms in total. The summed E-state index contributed by atoms with van der Waals surface area (Å²) < 4.78 is 0. The Bertz CT molecular complexity index is 658. The van der Waals surface area contributed by atoms with Crippen LogP contribution in [0.1, 0.15) is 75.3 Å². The molecule has 26 heavy (non-hydrogen) atoms. The van der Waals surface area contributed by atoms with E-state index in [1.54, 1.807) is 11.1 Å². The second-order valence-corrected chi connectivity index (χ2v) is 9.64. The van der Waals surface area contributed by atoms with E-state index < -0.39 is 0 Å². The first kappa shape index (κ1) is 18.3. The number of rotatable bonds is 5. The van der Waals surface area contributed by atoms with Gasteiger partial charge in [0.2, 0.25) is 0 Å². The van der Waals surface area contributed by atoms with Gasteiger partial charge in [-0.3, -0.25) is 0 Å². The average Bonchev–Trinajstić information content (AvgIpc) is 2.97. The zero-order valence-electron chi connectivity index (χ0n) is 17.1. The van der Waals surface area contributed by atoms with Gasteiger partial charge in [-0.05, 0) is 113 Å². The van der Waals surface area contributed by atoms with Crippen LogP contribution in [-0.4, -0.2) is 25.5 Å². The Hall–Kier alpha value is -1.08. The van der Waals surface area contributed by atoms with Crippen LogP contribution < -0.4 is 0 Å². The Labute approximate surface area is 160 Å². The molecule has 3 aliphatic carbocycles. The van der Waals surface area contributed by atoms with Crippen LogP contribution in [0.25, 0.3) is 0 Å². The molecule has 1 aromatic rings. The fraction of sp³-hybridized carbons (Fsp3) is 0.680. The lowest BCUT2D eigenvalue weighted by Crippen LogP contribution is -2.40. The van der Waals surface area contributed by atoms with Gasteiger partial charge < -0.3 is 4.90 Å². The highest BCUT2D eigenvalue weighted by atomic mass is 15.0. The van der Waals surface area contributed by atoms with Crippen molar-refractivity contribution in [1.82, 2.24) is 4.90 Å². The van der Waals surface area contributed by atoms with E-state index in [1.807, 2.05) is 5.57 Å². The summed E-state index contributed by atoms with van der Waals surface area (Å²) in [6.07, 6.45) is 15.0. The minimum atomic E-state index is 0.509. The number of hydrogen-bond acceptors (Lipinski definition) is 1. The highest BCUT2D eigenvalue weighted by Crippen LogP contribution is 2.62. The molecule has 1 heteroatoms. The molecule has 2 saturated carbocycles. The van der Waals surface area contributed by atoms with Gasteiger partial charge in [-0.15, -0.1) is 0 Å².